The zero-order valence-corrected chi connectivity index (χ0v) is 12.2. The Morgan fingerprint density at radius 3 is 2.84 bits per heavy atom. The Morgan fingerprint density at radius 2 is 2.26 bits per heavy atom. The molecule has 8 heteroatoms. The summed E-state index contributed by atoms with van der Waals surface area (Å²) in [4.78, 5) is 12.7. The highest BCUT2D eigenvalue weighted by Crippen LogP contribution is 2.22. The topological polar surface area (TPSA) is 80.9 Å². The minimum atomic E-state index is -0.313. The second kappa shape index (κ2) is 5.60. The van der Waals surface area contributed by atoms with Crippen molar-refractivity contribution in [2.24, 2.45) is 5.73 Å². The van der Waals surface area contributed by atoms with E-state index in [0.29, 0.717) is 26.8 Å². The molecule has 2 aromatic rings. The predicted octanol–water partition coefficient (Wildman–Crippen LogP) is 2.39. The van der Waals surface area contributed by atoms with E-state index in [9.17, 15) is 4.79 Å². The van der Waals surface area contributed by atoms with Crippen LogP contribution in [-0.4, -0.2) is 20.5 Å². The summed E-state index contributed by atoms with van der Waals surface area (Å²) in [6.45, 7) is 1.71. The maximum absolute atomic E-state index is 12.1. The molecule has 0 saturated carbocycles. The SMILES string of the molecule is Cc1nnsc1C(=O)Nc1cc(Cl)ccc1C(N)=S. The minimum absolute atomic E-state index is 0.186. The van der Waals surface area contributed by atoms with Crippen molar-refractivity contribution in [2.45, 2.75) is 6.92 Å². The molecule has 0 fully saturated rings. The molecule has 0 radical (unpaired) electrons. The quantitative estimate of drug-likeness (QED) is 0.851. The largest absolute Gasteiger partial charge is 0.389 e. The third-order valence-electron chi connectivity index (χ3n) is 2.35. The van der Waals surface area contributed by atoms with E-state index in [1.807, 2.05) is 0 Å². The molecule has 0 aliphatic heterocycles. The van der Waals surface area contributed by atoms with Crippen molar-refractivity contribution in [1.82, 2.24) is 9.59 Å². The van der Waals surface area contributed by atoms with Crippen LogP contribution in [0.25, 0.3) is 0 Å². The van der Waals surface area contributed by atoms with Crippen molar-refractivity contribution in [3.05, 3.63) is 39.4 Å². The Bertz CT molecular complexity index is 656. The average molecular weight is 313 g/mol. The second-order valence-corrected chi connectivity index (χ2v) is 5.33. The first-order valence-electron chi connectivity index (χ1n) is 5.18. The maximum atomic E-state index is 12.1. The Hall–Kier alpha value is -1.57. The number of carbonyl (C=O) groups excluding carboxylic acids is 1. The highest BCUT2D eigenvalue weighted by Gasteiger charge is 2.15. The van der Waals surface area contributed by atoms with Crippen molar-refractivity contribution in [2.75, 3.05) is 5.32 Å². The molecule has 5 nitrogen and oxygen atoms in total. The summed E-state index contributed by atoms with van der Waals surface area (Å²) in [5, 5.41) is 6.98. The van der Waals surface area contributed by atoms with Crippen molar-refractivity contribution in [3.63, 3.8) is 0 Å². The smallest absolute Gasteiger partial charge is 0.269 e. The van der Waals surface area contributed by atoms with Gasteiger partial charge in [-0.05, 0) is 36.7 Å². The number of aromatic nitrogens is 2. The standard InChI is InChI=1S/C11H9ClN4OS2/c1-5-9(19-16-15-5)11(17)14-8-4-6(12)2-3-7(8)10(13)18/h2-4H,1H3,(H2,13,18)(H,14,17). The zero-order chi connectivity index (χ0) is 14.0. The van der Waals surface area contributed by atoms with Crippen molar-refractivity contribution in [1.29, 1.82) is 0 Å². The molecule has 1 amide bonds. The van der Waals surface area contributed by atoms with E-state index in [0.717, 1.165) is 11.5 Å². The van der Waals surface area contributed by atoms with Gasteiger partial charge >= 0.3 is 0 Å². The summed E-state index contributed by atoms with van der Waals surface area (Å²) in [5.74, 6) is -0.313. The van der Waals surface area contributed by atoms with E-state index in [2.05, 4.69) is 14.9 Å². The Labute approximate surface area is 123 Å². The van der Waals surface area contributed by atoms with E-state index in [-0.39, 0.29) is 10.9 Å². The number of hydrogen-bond donors (Lipinski definition) is 2. The summed E-state index contributed by atoms with van der Waals surface area (Å²) in [6, 6.07) is 4.92. The first-order valence-corrected chi connectivity index (χ1v) is 6.74. The van der Waals surface area contributed by atoms with Gasteiger partial charge in [0.05, 0.1) is 11.4 Å². The number of rotatable bonds is 3. The van der Waals surface area contributed by atoms with Crippen LogP contribution in [0.4, 0.5) is 5.69 Å². The van der Waals surface area contributed by atoms with Gasteiger partial charge in [0.15, 0.2) is 0 Å². The molecule has 0 saturated heterocycles. The lowest BCUT2D eigenvalue weighted by Crippen LogP contribution is -2.17. The minimum Gasteiger partial charge on any atom is -0.389 e. The monoisotopic (exact) mass is 312 g/mol. The van der Waals surface area contributed by atoms with Gasteiger partial charge in [0.2, 0.25) is 0 Å². The molecule has 0 atom stereocenters. The number of anilines is 1. The van der Waals surface area contributed by atoms with Gasteiger partial charge in [-0.25, -0.2) is 0 Å². The highest BCUT2D eigenvalue weighted by molar-refractivity contribution is 7.80. The number of nitrogens with two attached hydrogens (primary N) is 1. The van der Waals surface area contributed by atoms with Crippen LogP contribution in [0.2, 0.25) is 5.02 Å². The summed E-state index contributed by atoms with van der Waals surface area (Å²) < 4.78 is 3.71. The summed E-state index contributed by atoms with van der Waals surface area (Å²) in [6.07, 6.45) is 0. The van der Waals surface area contributed by atoms with Crippen LogP contribution in [0.5, 0.6) is 0 Å². The normalized spacial score (nSPS) is 10.2. The molecule has 1 heterocycles. The molecule has 1 aromatic heterocycles. The number of carbonyl (C=O) groups is 1. The number of halogens is 1. The lowest BCUT2D eigenvalue weighted by Gasteiger charge is -2.09. The molecule has 2 rings (SSSR count). The van der Waals surface area contributed by atoms with Crippen molar-refractivity contribution >= 4 is 51.9 Å². The first kappa shape index (κ1) is 13.9. The number of aryl methyl sites for hydroxylation is 1. The van der Waals surface area contributed by atoms with Crippen LogP contribution in [-0.2, 0) is 0 Å². The Morgan fingerprint density at radius 1 is 1.53 bits per heavy atom. The summed E-state index contributed by atoms with van der Waals surface area (Å²) in [7, 11) is 0. The number of nitrogens with one attached hydrogen (secondary N) is 1. The fourth-order valence-electron chi connectivity index (χ4n) is 1.45. The molecule has 98 valence electrons. The molecule has 3 N–H and O–H groups in total. The van der Waals surface area contributed by atoms with Crippen LogP contribution >= 0.6 is 35.4 Å². The number of thiocarbonyl (C=S) groups is 1. The molecule has 19 heavy (non-hydrogen) atoms. The average Bonchev–Trinajstić information content (AvgIpc) is 2.75. The van der Waals surface area contributed by atoms with Gasteiger partial charge in [-0.1, -0.05) is 28.3 Å². The van der Waals surface area contributed by atoms with Gasteiger partial charge in [0.1, 0.15) is 9.87 Å². The van der Waals surface area contributed by atoms with E-state index < -0.39 is 0 Å². The number of benzene rings is 1. The fourth-order valence-corrected chi connectivity index (χ4v) is 2.36. The van der Waals surface area contributed by atoms with Crippen LogP contribution in [0.1, 0.15) is 20.9 Å². The lowest BCUT2D eigenvalue weighted by atomic mass is 10.1. The maximum Gasteiger partial charge on any atom is 0.269 e. The zero-order valence-electron chi connectivity index (χ0n) is 9.81. The first-order chi connectivity index (χ1) is 8.99. The second-order valence-electron chi connectivity index (χ2n) is 3.70. The molecule has 0 aliphatic rings. The van der Waals surface area contributed by atoms with Crippen LogP contribution in [0.3, 0.4) is 0 Å². The number of nitrogens with zero attached hydrogens (tertiary/aromatic N) is 2. The van der Waals surface area contributed by atoms with Crippen molar-refractivity contribution < 1.29 is 4.79 Å². The van der Waals surface area contributed by atoms with Crippen LogP contribution in [0.15, 0.2) is 18.2 Å². The Kier molecular flexibility index (Phi) is 4.08. The highest BCUT2D eigenvalue weighted by atomic mass is 35.5. The fraction of sp³-hybridized carbons (Fsp3) is 0.0909. The third-order valence-corrected chi connectivity index (χ3v) is 3.63. The summed E-state index contributed by atoms with van der Waals surface area (Å²) >= 11 is 11.9. The molecule has 0 spiro atoms. The van der Waals surface area contributed by atoms with Gasteiger partial charge in [0, 0.05) is 10.6 Å². The number of hydrogen-bond acceptors (Lipinski definition) is 5. The van der Waals surface area contributed by atoms with Gasteiger partial charge in [0.25, 0.3) is 5.91 Å². The Balaban J connectivity index is 2.33. The molecule has 0 aliphatic carbocycles. The van der Waals surface area contributed by atoms with Gasteiger partial charge in [-0.15, -0.1) is 5.10 Å². The summed E-state index contributed by atoms with van der Waals surface area (Å²) in [5.41, 5.74) is 7.20. The van der Waals surface area contributed by atoms with Crippen LogP contribution in [0, 0.1) is 6.92 Å². The third kappa shape index (κ3) is 3.06. The number of amides is 1. The van der Waals surface area contributed by atoms with E-state index >= 15 is 0 Å². The van der Waals surface area contributed by atoms with Crippen molar-refractivity contribution in [3.8, 4) is 0 Å². The molecule has 0 bridgehead atoms. The van der Waals surface area contributed by atoms with E-state index in [1.165, 1.54) is 0 Å². The van der Waals surface area contributed by atoms with E-state index in [1.54, 1.807) is 25.1 Å². The van der Waals surface area contributed by atoms with Gasteiger partial charge in [-0.2, -0.15) is 0 Å². The molecular formula is C11H9ClN4OS2. The lowest BCUT2D eigenvalue weighted by molar-refractivity contribution is 0.103. The van der Waals surface area contributed by atoms with Gasteiger partial charge in [-0.3, -0.25) is 4.79 Å². The molecule has 1 aromatic carbocycles. The predicted molar refractivity (Wildman–Crippen MR) is 79.9 cm³/mol. The molecular weight excluding hydrogens is 304 g/mol. The van der Waals surface area contributed by atoms with Crippen LogP contribution < -0.4 is 11.1 Å². The van der Waals surface area contributed by atoms with E-state index in [4.69, 9.17) is 29.6 Å². The van der Waals surface area contributed by atoms with Gasteiger partial charge < -0.3 is 11.1 Å². The molecule has 0 unspecified atom stereocenters.